The minimum absolute atomic E-state index is 0.125. The Kier molecular flexibility index (Phi) is 3.17. The predicted octanol–water partition coefficient (Wildman–Crippen LogP) is -1.11. The van der Waals surface area contributed by atoms with E-state index in [2.05, 4.69) is 4.98 Å². The molecule has 0 saturated carbocycles. The van der Waals surface area contributed by atoms with E-state index >= 15 is 0 Å². The number of aromatic nitrogens is 2. The smallest absolute Gasteiger partial charge is 0.329 e. The highest BCUT2D eigenvalue weighted by molar-refractivity contribution is 8.00. The summed E-state index contributed by atoms with van der Waals surface area (Å²) in [6, 6.07) is 1.26. The van der Waals surface area contributed by atoms with Crippen molar-refractivity contribution in [2.75, 3.05) is 6.61 Å². The first kappa shape index (κ1) is 11.4. The van der Waals surface area contributed by atoms with Crippen LogP contribution in [0.3, 0.4) is 0 Å². The molecule has 16 heavy (non-hydrogen) atoms. The Morgan fingerprint density at radius 3 is 2.88 bits per heavy atom. The molecule has 0 aromatic carbocycles. The molecule has 0 aliphatic carbocycles. The van der Waals surface area contributed by atoms with Crippen LogP contribution in [-0.2, 0) is 0 Å². The second-order valence-electron chi connectivity index (χ2n) is 3.63. The molecule has 2 heterocycles. The first-order chi connectivity index (χ1) is 7.61. The van der Waals surface area contributed by atoms with E-state index < -0.39 is 17.4 Å². The third-order valence-electron chi connectivity index (χ3n) is 2.55. The Hall–Kier alpha value is -1.05. The van der Waals surface area contributed by atoms with Crippen LogP contribution in [0.5, 0.6) is 0 Å². The highest BCUT2D eigenvalue weighted by atomic mass is 32.2. The largest absolute Gasteiger partial charge is 0.395 e. The number of thioether (sulfide) groups is 1. The van der Waals surface area contributed by atoms with Gasteiger partial charge in [0.2, 0.25) is 0 Å². The maximum absolute atomic E-state index is 11.5. The zero-order valence-corrected chi connectivity index (χ0v) is 9.18. The molecule has 3 N–H and O–H groups in total. The minimum atomic E-state index is -0.626. The van der Waals surface area contributed by atoms with Crippen LogP contribution in [0, 0.1) is 0 Å². The Morgan fingerprint density at radius 1 is 1.56 bits per heavy atom. The zero-order valence-electron chi connectivity index (χ0n) is 8.37. The van der Waals surface area contributed by atoms with Gasteiger partial charge in [0.25, 0.3) is 5.56 Å². The maximum atomic E-state index is 11.5. The summed E-state index contributed by atoms with van der Waals surface area (Å²) in [7, 11) is 0. The maximum Gasteiger partial charge on any atom is 0.329 e. The van der Waals surface area contributed by atoms with Crippen molar-refractivity contribution in [1.82, 2.24) is 9.55 Å². The van der Waals surface area contributed by atoms with Crippen LogP contribution >= 0.6 is 11.8 Å². The molecule has 0 amide bonds. The van der Waals surface area contributed by atoms with Crippen LogP contribution in [0.2, 0.25) is 0 Å². The lowest BCUT2D eigenvalue weighted by Gasteiger charge is -2.11. The number of aliphatic hydroxyl groups is 2. The SMILES string of the molecule is O=c1ccn([C@H]2C[C@H](O)[C@H](CO)S2)c(=O)[nH]1. The molecule has 0 radical (unpaired) electrons. The van der Waals surface area contributed by atoms with Gasteiger partial charge in [-0.05, 0) is 0 Å². The molecule has 1 aliphatic rings. The fraction of sp³-hybridized carbons (Fsp3) is 0.556. The lowest BCUT2D eigenvalue weighted by atomic mass is 10.2. The van der Waals surface area contributed by atoms with Crippen molar-refractivity contribution in [2.24, 2.45) is 0 Å². The summed E-state index contributed by atoms with van der Waals surface area (Å²) in [5, 5.41) is 18.1. The summed E-state index contributed by atoms with van der Waals surface area (Å²) in [5.74, 6) is 0. The lowest BCUT2D eigenvalue weighted by Crippen LogP contribution is -2.30. The molecule has 0 unspecified atom stereocenters. The van der Waals surface area contributed by atoms with Crippen molar-refractivity contribution < 1.29 is 10.2 Å². The summed E-state index contributed by atoms with van der Waals surface area (Å²) < 4.78 is 1.37. The van der Waals surface area contributed by atoms with Crippen molar-refractivity contribution in [3.8, 4) is 0 Å². The number of nitrogens with zero attached hydrogens (tertiary/aromatic N) is 1. The Labute approximate surface area is 94.9 Å². The molecule has 0 spiro atoms. The van der Waals surface area contributed by atoms with E-state index in [-0.39, 0.29) is 17.2 Å². The molecule has 1 saturated heterocycles. The molecule has 88 valence electrons. The van der Waals surface area contributed by atoms with Crippen molar-refractivity contribution >= 4 is 11.8 Å². The normalized spacial score (nSPS) is 29.5. The van der Waals surface area contributed by atoms with Crippen LogP contribution < -0.4 is 11.2 Å². The third kappa shape index (κ3) is 2.06. The van der Waals surface area contributed by atoms with Crippen LogP contribution in [0.4, 0.5) is 0 Å². The van der Waals surface area contributed by atoms with E-state index in [1.54, 1.807) is 0 Å². The minimum Gasteiger partial charge on any atom is -0.395 e. The molecule has 1 aromatic rings. The van der Waals surface area contributed by atoms with Crippen LogP contribution in [-0.4, -0.2) is 37.7 Å². The van der Waals surface area contributed by atoms with Gasteiger partial charge in [-0.3, -0.25) is 14.3 Å². The number of hydrogen-bond acceptors (Lipinski definition) is 5. The van der Waals surface area contributed by atoms with E-state index in [0.29, 0.717) is 6.42 Å². The summed E-state index contributed by atoms with van der Waals surface area (Å²) in [6.07, 6.45) is 1.17. The number of rotatable bonds is 2. The van der Waals surface area contributed by atoms with Gasteiger partial charge in [0, 0.05) is 18.7 Å². The molecule has 2 rings (SSSR count). The van der Waals surface area contributed by atoms with Gasteiger partial charge < -0.3 is 10.2 Å². The average Bonchev–Trinajstić information content (AvgIpc) is 2.59. The lowest BCUT2D eigenvalue weighted by molar-refractivity contribution is 0.137. The Morgan fingerprint density at radius 2 is 2.31 bits per heavy atom. The topological polar surface area (TPSA) is 95.3 Å². The average molecular weight is 244 g/mol. The summed E-state index contributed by atoms with van der Waals surface area (Å²) in [6.45, 7) is -0.125. The quantitative estimate of drug-likeness (QED) is 0.613. The van der Waals surface area contributed by atoms with E-state index in [4.69, 9.17) is 5.11 Å². The number of H-pyrrole nitrogens is 1. The molecule has 1 aromatic heterocycles. The molecular weight excluding hydrogens is 232 g/mol. The highest BCUT2D eigenvalue weighted by Gasteiger charge is 2.34. The van der Waals surface area contributed by atoms with Gasteiger partial charge in [0.1, 0.15) is 0 Å². The van der Waals surface area contributed by atoms with Gasteiger partial charge in [-0.25, -0.2) is 4.79 Å². The highest BCUT2D eigenvalue weighted by Crippen LogP contribution is 2.40. The summed E-state index contributed by atoms with van der Waals surface area (Å²) >= 11 is 1.33. The van der Waals surface area contributed by atoms with E-state index in [1.165, 1.54) is 28.6 Å². The molecule has 1 aliphatic heterocycles. The van der Waals surface area contributed by atoms with Gasteiger partial charge in [-0.15, -0.1) is 11.8 Å². The van der Waals surface area contributed by atoms with Crippen molar-refractivity contribution in [3.63, 3.8) is 0 Å². The first-order valence-corrected chi connectivity index (χ1v) is 5.82. The number of aliphatic hydroxyl groups excluding tert-OH is 2. The van der Waals surface area contributed by atoms with E-state index in [9.17, 15) is 14.7 Å². The summed E-state index contributed by atoms with van der Waals surface area (Å²) in [4.78, 5) is 24.5. The van der Waals surface area contributed by atoms with Gasteiger partial charge in [-0.2, -0.15) is 0 Å². The van der Waals surface area contributed by atoms with Gasteiger partial charge in [-0.1, -0.05) is 0 Å². The Balaban J connectivity index is 2.27. The van der Waals surface area contributed by atoms with Crippen LogP contribution in [0.15, 0.2) is 21.9 Å². The Bertz CT molecular complexity index is 483. The molecule has 0 bridgehead atoms. The van der Waals surface area contributed by atoms with E-state index in [1.807, 2.05) is 0 Å². The standard InChI is InChI=1S/C9H12N2O4S/c12-4-6-5(13)3-8(16-6)11-2-1-7(14)10-9(11)15/h1-2,5-6,8,12-13H,3-4H2,(H,10,14,15)/t5-,6-,8+/m0/s1. The fourth-order valence-electron chi connectivity index (χ4n) is 1.70. The van der Waals surface area contributed by atoms with Crippen molar-refractivity contribution in [2.45, 2.75) is 23.1 Å². The molecule has 3 atom stereocenters. The second-order valence-corrected chi connectivity index (χ2v) is 5.05. The first-order valence-electron chi connectivity index (χ1n) is 4.87. The zero-order chi connectivity index (χ0) is 11.7. The number of nitrogens with one attached hydrogen (secondary N) is 1. The third-order valence-corrected chi connectivity index (χ3v) is 4.09. The van der Waals surface area contributed by atoms with Gasteiger partial charge in [0.05, 0.1) is 23.3 Å². The molecule has 7 heteroatoms. The second kappa shape index (κ2) is 4.44. The monoisotopic (exact) mass is 244 g/mol. The fourth-order valence-corrected chi connectivity index (χ4v) is 3.09. The molecule has 6 nitrogen and oxygen atoms in total. The molecular formula is C9H12N2O4S. The summed E-state index contributed by atoms with van der Waals surface area (Å²) in [5.41, 5.74) is -0.931. The van der Waals surface area contributed by atoms with Gasteiger partial charge >= 0.3 is 5.69 Å². The van der Waals surface area contributed by atoms with Gasteiger partial charge in [0.15, 0.2) is 0 Å². The van der Waals surface area contributed by atoms with Crippen molar-refractivity contribution in [1.29, 1.82) is 0 Å². The van der Waals surface area contributed by atoms with Crippen LogP contribution in [0.25, 0.3) is 0 Å². The van der Waals surface area contributed by atoms with Crippen molar-refractivity contribution in [3.05, 3.63) is 33.1 Å². The predicted molar refractivity (Wildman–Crippen MR) is 59.4 cm³/mol. The number of aromatic amines is 1. The number of hydrogen-bond donors (Lipinski definition) is 3. The van der Waals surface area contributed by atoms with E-state index in [0.717, 1.165) is 0 Å². The van der Waals surface area contributed by atoms with Crippen LogP contribution in [0.1, 0.15) is 11.8 Å². The molecule has 1 fully saturated rings.